The van der Waals surface area contributed by atoms with Crippen molar-refractivity contribution in [1.29, 1.82) is 21.0 Å². The molecule has 0 bridgehead atoms. The molecule has 4 N–H and O–H groups in total. The molecule has 10 saturated carbocycles. The van der Waals surface area contributed by atoms with Crippen LogP contribution in [-0.2, 0) is 63.1 Å². The molecule has 0 aromatic heterocycles. The number of nitriles is 4. The number of hydrogen-bond donors (Lipinski definition) is 3. The zero-order chi connectivity index (χ0) is 107. The van der Waals surface area contributed by atoms with E-state index in [0.29, 0.717) is 90.6 Å². The van der Waals surface area contributed by atoms with Crippen LogP contribution in [0.4, 0.5) is 14.4 Å². The van der Waals surface area contributed by atoms with Gasteiger partial charge in [0.15, 0.2) is 69.0 Å². The monoisotopic (exact) mass is 2070 g/mol. The molecule has 2 aliphatic heterocycles. The normalized spacial score (nSPS) is 24.3. The summed E-state index contributed by atoms with van der Waals surface area (Å²) in [6.07, 6.45) is 44.3. The molecule has 0 spiro atoms. The lowest BCUT2D eigenvalue weighted by molar-refractivity contribution is -0.151. The maximum absolute atomic E-state index is 12.5. The maximum atomic E-state index is 12.5. The summed E-state index contributed by atoms with van der Waals surface area (Å²) in [7, 11) is 13.9. The van der Waals surface area contributed by atoms with E-state index in [0.717, 1.165) is 269 Å². The number of urea groups is 1. The van der Waals surface area contributed by atoms with E-state index in [1.54, 1.807) is 58.5 Å². The SMILES string of the molecule is COC(=O)C1CCC(C#N)(c2ccc(OC)c(OC3CCCC3)c2)CC1=O.COC(=O)N1CCC(CCc2ccc(OC)c(OC3CCCC3)c2)C1.COC(=O)N[C@@H]1CCC[C@@](C#N)(c2ccc(OC)c(OC3CCCC3)c2)C1.COc1ccc(C2(C#N)CCCC(=O)C2)cc1OC1CCCC1.COc1ccc(CCC2CCN(C(N)=O)C2)cc1OC1CCCC1.COc1ccc([C@]2(C#N)CCC[C@@H](CO)C2)cc1OC1CCCC1. The van der Waals surface area contributed by atoms with Gasteiger partial charge in [-0.2, -0.15) is 21.0 Å². The van der Waals surface area contributed by atoms with Crippen molar-refractivity contribution in [3.63, 3.8) is 0 Å². The Morgan fingerprint density at radius 2 is 0.707 bits per heavy atom. The van der Waals surface area contributed by atoms with E-state index in [2.05, 4.69) is 53.9 Å². The van der Waals surface area contributed by atoms with Gasteiger partial charge in [0.2, 0.25) is 0 Å². The molecule has 12 aliphatic rings. The standard InChI is InChI=1S/C21H28N2O4.C21H25NO5.C20H29NO4.C20H27NO3.C19H28N2O3.C19H23NO3/c1-25-18-10-9-15(12-19(18)27-17-7-3-4-8-17)21(14-22)11-5-6-16(13-21)23-20(24)26-2;1-25-18-8-7-14(11-19(18)27-15-5-3-4-6-15)21(13-22)10-9-16(17(23)12-21)20(24)26-2;1-23-18-10-9-15(13-19(18)25-17-5-3-4-6-17)7-8-16-11-12-21(14-16)20(22)24-2;1-23-18-9-8-16(11-19(18)24-17-6-2-3-7-17)20(14-21)10-4-5-15(12-20)13-22;1-23-17-9-8-14(12-18(17)24-16-4-2-3-5-16)6-7-15-10-11-21(13-15)19(20)22;1-22-17-9-8-14(11-18(17)23-16-6-2-3-7-16)19(13-20)10-4-5-15(21)12-19/h9-10,12,16-17H,3-8,11,13H2,1-2H3,(H,23,24);7-8,11,15-16H,3-6,9-10,12H2,1-2H3;9-10,13,16-17H,3-8,11-12,14H2,1-2H3;8-9,11,15,17,22H,2-7,10,12-13H2,1H3;8-9,12,15-16H,2-7,10-11,13H2,1H3,(H2,20,22);8-9,11,16H,2-7,10,12H2,1H3/t16-,21-;;;15-,20-;;/m1..1../s1. The summed E-state index contributed by atoms with van der Waals surface area (Å²) < 4.78 is 83.9. The lowest BCUT2D eigenvalue weighted by Crippen LogP contribution is -2.43. The Labute approximate surface area is 887 Å². The number of methoxy groups -OCH3 is 9. The number of hydrogen-bond acceptors (Lipinski definition) is 26. The molecule has 2 heterocycles. The summed E-state index contributed by atoms with van der Waals surface area (Å²) in [5, 5.41) is 52.0. The van der Waals surface area contributed by atoms with Crippen molar-refractivity contribution in [2.24, 2.45) is 29.4 Å². The highest BCUT2D eigenvalue weighted by molar-refractivity contribution is 6.00. The Hall–Kier alpha value is -12.5. The third-order valence-corrected chi connectivity index (χ3v) is 32.9. The van der Waals surface area contributed by atoms with Gasteiger partial charge in [0.05, 0.1) is 147 Å². The van der Waals surface area contributed by atoms with Gasteiger partial charge in [0, 0.05) is 58.1 Å². The van der Waals surface area contributed by atoms with Crippen LogP contribution in [0.1, 0.15) is 309 Å². The molecule has 2 saturated heterocycles. The minimum Gasteiger partial charge on any atom is -0.493 e. The van der Waals surface area contributed by atoms with Crippen molar-refractivity contribution >= 4 is 35.8 Å². The summed E-state index contributed by atoms with van der Waals surface area (Å²) in [6.45, 7) is 3.34. The van der Waals surface area contributed by atoms with Crippen LogP contribution in [0, 0.1) is 69.0 Å². The minimum atomic E-state index is -0.957. The Morgan fingerprint density at radius 3 is 1.04 bits per heavy atom. The molecule has 150 heavy (non-hydrogen) atoms. The second-order valence-corrected chi connectivity index (χ2v) is 42.8. The molecule has 18 rings (SSSR count). The van der Waals surface area contributed by atoms with Crippen LogP contribution >= 0.6 is 0 Å². The number of aliphatic hydroxyl groups excluding tert-OH is 1. The van der Waals surface area contributed by atoms with E-state index in [4.69, 9.17) is 76.8 Å². The Kier molecular flexibility index (Phi) is 43.2. The van der Waals surface area contributed by atoms with Crippen LogP contribution in [0.5, 0.6) is 69.0 Å². The number of aryl methyl sites for hydroxylation is 2. The number of alkyl carbamates (subject to hydrolysis) is 1. The number of nitrogens with zero attached hydrogens (tertiary/aromatic N) is 6. The fraction of sp³-hybridized carbons (Fsp3) is 0.617. The summed E-state index contributed by atoms with van der Waals surface area (Å²) in [4.78, 5) is 74.1. The third-order valence-electron chi connectivity index (χ3n) is 32.9. The Balaban J connectivity index is 0.000000150. The predicted octanol–water partition coefficient (Wildman–Crippen LogP) is 22.7. The number of amides is 4. The molecule has 4 amide bonds. The van der Waals surface area contributed by atoms with Gasteiger partial charge < -0.3 is 97.0 Å². The Morgan fingerprint density at radius 1 is 0.367 bits per heavy atom. The molecular weight excluding hydrogens is 1910 g/mol. The number of ether oxygens (including phenoxy) is 15. The molecule has 30 nitrogen and oxygen atoms in total. The number of Topliss-reactive ketones (excluding diaryl/α,β-unsaturated/α-hetero) is 2. The first kappa shape index (κ1) is 115. The van der Waals surface area contributed by atoms with Crippen molar-refractivity contribution in [2.45, 2.75) is 353 Å². The average molecular weight is 2070 g/mol. The molecule has 6 aromatic rings. The highest BCUT2D eigenvalue weighted by Gasteiger charge is 2.47. The molecule has 12 fully saturated rings. The van der Waals surface area contributed by atoms with Gasteiger partial charge in [-0.15, -0.1) is 0 Å². The van der Waals surface area contributed by atoms with E-state index in [9.17, 15) is 54.9 Å². The first-order valence-corrected chi connectivity index (χ1v) is 55.0. The number of rotatable bonds is 31. The number of nitrogens with two attached hydrogens (primary N) is 1. The van der Waals surface area contributed by atoms with E-state index in [-0.39, 0.29) is 73.1 Å². The highest BCUT2D eigenvalue weighted by atomic mass is 16.6. The lowest BCUT2D eigenvalue weighted by atomic mass is 9.67. The molecule has 30 heteroatoms. The molecule has 10 aliphatic carbocycles. The van der Waals surface area contributed by atoms with Gasteiger partial charge in [-0.05, 0) is 387 Å². The van der Waals surface area contributed by atoms with Crippen LogP contribution in [0.15, 0.2) is 109 Å². The van der Waals surface area contributed by atoms with Gasteiger partial charge in [0.1, 0.15) is 17.5 Å². The van der Waals surface area contributed by atoms with Crippen LogP contribution in [0.2, 0.25) is 0 Å². The lowest BCUT2D eigenvalue weighted by Gasteiger charge is -2.36. The number of primary amides is 1. The van der Waals surface area contributed by atoms with Gasteiger partial charge in [-0.1, -0.05) is 42.8 Å². The van der Waals surface area contributed by atoms with Gasteiger partial charge in [0.25, 0.3) is 0 Å². The minimum absolute atomic E-state index is 0.00152. The first-order chi connectivity index (χ1) is 72.8. The van der Waals surface area contributed by atoms with Gasteiger partial charge in [-0.25, -0.2) is 14.4 Å². The number of nitrogens with one attached hydrogen (secondary N) is 1. The summed E-state index contributed by atoms with van der Waals surface area (Å²) in [5.74, 6) is 8.79. The zero-order valence-corrected chi connectivity index (χ0v) is 89.9. The first-order valence-electron chi connectivity index (χ1n) is 55.0. The Bertz CT molecular complexity index is 5600. The fourth-order valence-corrected chi connectivity index (χ4v) is 24.1. The molecule has 0 radical (unpaired) electrons. The summed E-state index contributed by atoms with van der Waals surface area (Å²) in [5.41, 5.74) is 8.58. The number of esters is 1. The number of carbonyl (C=O) groups excluding carboxylic acids is 6. The van der Waals surface area contributed by atoms with E-state index >= 15 is 0 Å². The predicted molar refractivity (Wildman–Crippen MR) is 567 cm³/mol. The topological polar surface area (TPSA) is 401 Å². The van der Waals surface area contributed by atoms with Crippen molar-refractivity contribution < 1.29 is 105 Å². The van der Waals surface area contributed by atoms with E-state index in [1.165, 1.54) is 96.7 Å². The van der Waals surface area contributed by atoms with Crippen LogP contribution in [-0.4, -0.2) is 190 Å². The van der Waals surface area contributed by atoms with Crippen molar-refractivity contribution in [3.8, 4) is 93.3 Å². The number of carbonyl (C=O) groups is 6. The number of aliphatic hydroxyl groups is 1. The highest BCUT2D eigenvalue weighted by Crippen LogP contribution is 2.50. The average Bonchev–Trinajstić information content (AvgIpc) is 0.953. The maximum Gasteiger partial charge on any atom is 0.409 e. The van der Waals surface area contributed by atoms with Crippen molar-refractivity contribution in [1.82, 2.24) is 15.1 Å². The number of likely N-dealkylation sites (tertiary alicyclic amines) is 2. The van der Waals surface area contributed by atoms with Crippen LogP contribution in [0.25, 0.3) is 0 Å². The number of benzene rings is 6. The zero-order valence-electron chi connectivity index (χ0n) is 89.9. The third kappa shape index (κ3) is 30.7. The second kappa shape index (κ2) is 56.5. The summed E-state index contributed by atoms with van der Waals surface area (Å²) in [6, 6.07) is 44.7. The smallest absolute Gasteiger partial charge is 0.409 e. The molecular formula is C120H160N8O22. The summed E-state index contributed by atoms with van der Waals surface area (Å²) >= 11 is 0. The van der Waals surface area contributed by atoms with Crippen LogP contribution in [0.3, 0.4) is 0 Å². The second-order valence-electron chi connectivity index (χ2n) is 42.8. The molecule has 812 valence electrons. The van der Waals surface area contributed by atoms with E-state index in [1.807, 2.05) is 78.9 Å². The van der Waals surface area contributed by atoms with E-state index < -0.39 is 39.6 Å². The number of ketones is 2. The quantitative estimate of drug-likeness (QED) is 0.0207. The van der Waals surface area contributed by atoms with Crippen molar-refractivity contribution in [2.75, 3.05) is 96.8 Å². The largest absolute Gasteiger partial charge is 0.493 e. The molecule has 5 unspecified atom stereocenters. The van der Waals surface area contributed by atoms with Gasteiger partial charge >= 0.3 is 24.2 Å². The fourth-order valence-electron chi connectivity index (χ4n) is 24.1. The van der Waals surface area contributed by atoms with Crippen molar-refractivity contribution in [3.05, 3.63) is 143 Å². The van der Waals surface area contributed by atoms with Gasteiger partial charge in [-0.3, -0.25) is 14.4 Å². The molecule has 9 atom stereocenters. The molecule has 6 aromatic carbocycles. The van der Waals surface area contributed by atoms with Crippen LogP contribution < -0.4 is 67.9 Å².